The molecule has 0 bridgehead atoms. The maximum absolute atomic E-state index is 4.79. The number of piperidine rings is 1. The molecule has 1 atom stereocenters. The molecule has 1 unspecified atom stereocenters. The van der Waals surface area contributed by atoms with E-state index in [2.05, 4.69) is 35.9 Å². The Balaban J connectivity index is 1.80. The summed E-state index contributed by atoms with van der Waals surface area (Å²) >= 11 is 0. The summed E-state index contributed by atoms with van der Waals surface area (Å²) in [5.41, 5.74) is 2.89. The molecule has 3 heterocycles. The van der Waals surface area contributed by atoms with E-state index in [1.165, 1.54) is 81.6 Å². The average molecular weight is 287 g/mol. The van der Waals surface area contributed by atoms with Gasteiger partial charge >= 0.3 is 0 Å². The van der Waals surface area contributed by atoms with Crippen LogP contribution in [0.15, 0.2) is 12.3 Å². The summed E-state index contributed by atoms with van der Waals surface area (Å²) in [6.45, 7) is 9.39. The van der Waals surface area contributed by atoms with Gasteiger partial charge in [0.2, 0.25) is 0 Å². The zero-order chi connectivity index (χ0) is 14.7. The normalized spacial score (nSPS) is 23.7. The van der Waals surface area contributed by atoms with Crippen molar-refractivity contribution in [2.24, 2.45) is 0 Å². The zero-order valence-corrected chi connectivity index (χ0v) is 13.6. The van der Waals surface area contributed by atoms with Gasteiger partial charge in [0.25, 0.3) is 0 Å². The molecule has 21 heavy (non-hydrogen) atoms. The van der Waals surface area contributed by atoms with Crippen LogP contribution in [-0.2, 0) is 0 Å². The lowest BCUT2D eigenvalue weighted by Gasteiger charge is -2.36. The van der Waals surface area contributed by atoms with E-state index >= 15 is 0 Å². The topological polar surface area (TPSA) is 19.4 Å². The van der Waals surface area contributed by atoms with E-state index in [1.54, 1.807) is 0 Å². The Kier molecular flexibility index (Phi) is 4.79. The first kappa shape index (κ1) is 14.8. The first-order valence-electron chi connectivity index (χ1n) is 8.75. The largest absolute Gasteiger partial charge is 0.357 e. The summed E-state index contributed by atoms with van der Waals surface area (Å²) < 4.78 is 0. The molecule has 3 heteroatoms. The zero-order valence-electron chi connectivity index (χ0n) is 13.6. The lowest BCUT2D eigenvalue weighted by atomic mass is 9.93. The SMILES string of the molecule is CCCN1CCCCC1c1cnc(N2CCCC2)cc1C. The van der Waals surface area contributed by atoms with Gasteiger partial charge < -0.3 is 4.90 Å². The average Bonchev–Trinajstić information content (AvgIpc) is 3.03. The standard InChI is InChI=1S/C18H29N3/c1-3-9-20-10-5-4-8-17(20)16-14-19-18(13-15(16)2)21-11-6-7-12-21/h13-14,17H,3-12H2,1-2H3. The highest BCUT2D eigenvalue weighted by Crippen LogP contribution is 2.33. The summed E-state index contributed by atoms with van der Waals surface area (Å²) in [5, 5.41) is 0. The number of hydrogen-bond acceptors (Lipinski definition) is 3. The van der Waals surface area contributed by atoms with Crippen molar-refractivity contribution in [3.8, 4) is 0 Å². The van der Waals surface area contributed by atoms with Gasteiger partial charge in [0.1, 0.15) is 5.82 Å². The molecular formula is C18H29N3. The molecule has 0 saturated carbocycles. The third kappa shape index (κ3) is 3.23. The number of nitrogens with zero attached hydrogens (tertiary/aromatic N) is 3. The Labute approximate surface area is 129 Å². The highest BCUT2D eigenvalue weighted by Gasteiger charge is 2.25. The molecule has 116 valence electrons. The highest BCUT2D eigenvalue weighted by molar-refractivity contribution is 5.45. The van der Waals surface area contributed by atoms with Gasteiger partial charge in [-0.15, -0.1) is 0 Å². The van der Waals surface area contributed by atoms with E-state index in [0.29, 0.717) is 6.04 Å². The third-order valence-electron chi connectivity index (χ3n) is 5.05. The number of rotatable bonds is 4. The molecule has 1 aromatic heterocycles. The number of hydrogen-bond donors (Lipinski definition) is 0. The summed E-state index contributed by atoms with van der Waals surface area (Å²) in [6.07, 6.45) is 10.1. The lowest BCUT2D eigenvalue weighted by Crippen LogP contribution is -2.34. The lowest BCUT2D eigenvalue weighted by molar-refractivity contribution is 0.148. The predicted molar refractivity (Wildman–Crippen MR) is 88.9 cm³/mol. The van der Waals surface area contributed by atoms with Crippen LogP contribution in [0.1, 0.15) is 62.6 Å². The molecule has 0 aliphatic carbocycles. The van der Waals surface area contributed by atoms with Crippen LogP contribution in [0.5, 0.6) is 0 Å². The van der Waals surface area contributed by atoms with E-state index < -0.39 is 0 Å². The maximum Gasteiger partial charge on any atom is 0.128 e. The smallest absolute Gasteiger partial charge is 0.128 e. The summed E-state index contributed by atoms with van der Waals surface area (Å²) in [7, 11) is 0. The summed E-state index contributed by atoms with van der Waals surface area (Å²) in [5.74, 6) is 1.19. The molecule has 0 aromatic carbocycles. The number of pyridine rings is 1. The van der Waals surface area contributed by atoms with Gasteiger partial charge in [-0.2, -0.15) is 0 Å². The van der Waals surface area contributed by atoms with E-state index in [-0.39, 0.29) is 0 Å². The second kappa shape index (κ2) is 6.78. The van der Waals surface area contributed by atoms with Crippen molar-refractivity contribution in [2.75, 3.05) is 31.1 Å². The Morgan fingerprint density at radius 2 is 1.90 bits per heavy atom. The van der Waals surface area contributed by atoms with E-state index in [1.807, 2.05) is 0 Å². The Morgan fingerprint density at radius 1 is 1.14 bits per heavy atom. The number of aryl methyl sites for hydroxylation is 1. The molecule has 3 rings (SSSR count). The summed E-state index contributed by atoms with van der Waals surface area (Å²) in [4.78, 5) is 9.89. The first-order chi connectivity index (χ1) is 10.3. The Morgan fingerprint density at radius 3 is 2.62 bits per heavy atom. The van der Waals surface area contributed by atoms with Crippen LogP contribution in [0.2, 0.25) is 0 Å². The van der Waals surface area contributed by atoms with E-state index in [9.17, 15) is 0 Å². The minimum Gasteiger partial charge on any atom is -0.357 e. The van der Waals surface area contributed by atoms with Crippen LogP contribution in [0, 0.1) is 6.92 Å². The second-order valence-corrected chi connectivity index (χ2v) is 6.64. The van der Waals surface area contributed by atoms with Crippen LogP contribution < -0.4 is 4.90 Å². The second-order valence-electron chi connectivity index (χ2n) is 6.64. The monoisotopic (exact) mass is 287 g/mol. The van der Waals surface area contributed by atoms with Gasteiger partial charge in [-0.3, -0.25) is 4.90 Å². The van der Waals surface area contributed by atoms with Crippen molar-refractivity contribution in [3.63, 3.8) is 0 Å². The van der Waals surface area contributed by atoms with Gasteiger partial charge in [0.05, 0.1) is 0 Å². The van der Waals surface area contributed by atoms with Crippen molar-refractivity contribution in [3.05, 3.63) is 23.4 Å². The molecule has 3 nitrogen and oxygen atoms in total. The van der Waals surface area contributed by atoms with Crippen LogP contribution >= 0.6 is 0 Å². The van der Waals surface area contributed by atoms with E-state index in [4.69, 9.17) is 4.98 Å². The minimum absolute atomic E-state index is 0.596. The number of likely N-dealkylation sites (tertiary alicyclic amines) is 1. The van der Waals surface area contributed by atoms with Gasteiger partial charge in [-0.1, -0.05) is 13.3 Å². The fourth-order valence-corrected chi connectivity index (χ4v) is 3.92. The minimum atomic E-state index is 0.596. The molecule has 0 N–H and O–H groups in total. The molecule has 1 aromatic rings. The molecule has 0 spiro atoms. The van der Waals surface area contributed by atoms with Crippen LogP contribution in [0.4, 0.5) is 5.82 Å². The van der Waals surface area contributed by atoms with E-state index in [0.717, 1.165) is 0 Å². The van der Waals surface area contributed by atoms with Crippen LogP contribution in [0.3, 0.4) is 0 Å². The molecule has 2 aliphatic rings. The van der Waals surface area contributed by atoms with Crippen LogP contribution in [-0.4, -0.2) is 36.1 Å². The molecule has 2 saturated heterocycles. The number of anilines is 1. The van der Waals surface area contributed by atoms with Crippen molar-refractivity contribution >= 4 is 5.82 Å². The first-order valence-corrected chi connectivity index (χ1v) is 8.75. The van der Waals surface area contributed by atoms with Crippen molar-refractivity contribution in [1.82, 2.24) is 9.88 Å². The van der Waals surface area contributed by atoms with Gasteiger partial charge in [0.15, 0.2) is 0 Å². The van der Waals surface area contributed by atoms with Gasteiger partial charge in [-0.05, 0) is 69.3 Å². The molecule has 2 fully saturated rings. The molecule has 0 radical (unpaired) electrons. The number of aromatic nitrogens is 1. The highest BCUT2D eigenvalue weighted by atomic mass is 15.2. The molecule has 0 amide bonds. The Hall–Kier alpha value is -1.09. The van der Waals surface area contributed by atoms with Crippen molar-refractivity contribution < 1.29 is 0 Å². The maximum atomic E-state index is 4.79. The fourth-order valence-electron chi connectivity index (χ4n) is 3.92. The fraction of sp³-hybridized carbons (Fsp3) is 0.722. The van der Waals surface area contributed by atoms with Crippen molar-refractivity contribution in [2.45, 2.75) is 58.4 Å². The quantitative estimate of drug-likeness (QED) is 0.836. The summed E-state index contributed by atoms with van der Waals surface area (Å²) in [6, 6.07) is 2.91. The molecular weight excluding hydrogens is 258 g/mol. The predicted octanol–water partition coefficient (Wildman–Crippen LogP) is 3.93. The van der Waals surface area contributed by atoms with Crippen molar-refractivity contribution in [1.29, 1.82) is 0 Å². The third-order valence-corrected chi connectivity index (χ3v) is 5.05. The Bertz CT molecular complexity index is 464. The molecule has 2 aliphatic heterocycles. The van der Waals surface area contributed by atoms with Gasteiger partial charge in [-0.25, -0.2) is 4.98 Å². The van der Waals surface area contributed by atoms with Crippen LogP contribution in [0.25, 0.3) is 0 Å². The van der Waals surface area contributed by atoms with Gasteiger partial charge in [0, 0.05) is 25.3 Å².